The summed E-state index contributed by atoms with van der Waals surface area (Å²) in [5.74, 6) is 1.35. The van der Waals surface area contributed by atoms with Gasteiger partial charge in [0.2, 0.25) is 11.9 Å². The fraction of sp³-hybridized carbons (Fsp3) is 0.615. The quantitative estimate of drug-likeness (QED) is 0.868. The van der Waals surface area contributed by atoms with E-state index in [1.165, 1.54) is 6.42 Å². The highest BCUT2D eigenvalue weighted by atomic mass is 16.5. The lowest BCUT2D eigenvalue weighted by Gasteiger charge is -2.26. The van der Waals surface area contributed by atoms with Gasteiger partial charge in [-0.1, -0.05) is 0 Å². The SMILES string of the molecule is COc1cnc(NCCC(=O)N2CCCCC2)nc1. The fourth-order valence-corrected chi connectivity index (χ4v) is 2.10. The Bertz CT molecular complexity index is 402. The zero-order valence-electron chi connectivity index (χ0n) is 11.3. The molecule has 0 unspecified atom stereocenters. The molecule has 6 nitrogen and oxygen atoms in total. The minimum atomic E-state index is 0.209. The molecule has 19 heavy (non-hydrogen) atoms. The number of anilines is 1. The summed E-state index contributed by atoms with van der Waals surface area (Å²) in [6, 6.07) is 0. The van der Waals surface area contributed by atoms with Crippen molar-refractivity contribution in [2.24, 2.45) is 0 Å². The van der Waals surface area contributed by atoms with Gasteiger partial charge in [0.1, 0.15) is 0 Å². The second-order valence-corrected chi connectivity index (χ2v) is 4.56. The zero-order chi connectivity index (χ0) is 13.5. The third kappa shape index (κ3) is 4.08. The summed E-state index contributed by atoms with van der Waals surface area (Å²) in [6.07, 6.45) is 7.17. The molecule has 1 aromatic heterocycles. The maximum atomic E-state index is 11.9. The summed E-state index contributed by atoms with van der Waals surface area (Å²) in [4.78, 5) is 22.0. The number of amides is 1. The monoisotopic (exact) mass is 264 g/mol. The van der Waals surface area contributed by atoms with E-state index >= 15 is 0 Å². The van der Waals surface area contributed by atoms with Crippen LogP contribution in [0, 0.1) is 0 Å². The number of hydrogen-bond acceptors (Lipinski definition) is 5. The number of piperidine rings is 1. The Morgan fingerprint density at radius 3 is 2.63 bits per heavy atom. The Kier molecular flexibility index (Phi) is 4.94. The summed E-state index contributed by atoms with van der Waals surface area (Å²) in [7, 11) is 1.57. The van der Waals surface area contributed by atoms with Crippen molar-refractivity contribution < 1.29 is 9.53 Å². The number of methoxy groups -OCH3 is 1. The average Bonchev–Trinajstić information content (AvgIpc) is 2.49. The molecule has 104 valence electrons. The minimum absolute atomic E-state index is 0.209. The number of aromatic nitrogens is 2. The number of ether oxygens (including phenoxy) is 1. The highest BCUT2D eigenvalue weighted by Gasteiger charge is 2.15. The number of nitrogens with one attached hydrogen (secondary N) is 1. The molecule has 2 rings (SSSR count). The molecule has 2 heterocycles. The van der Waals surface area contributed by atoms with Crippen LogP contribution < -0.4 is 10.1 Å². The molecule has 0 aromatic carbocycles. The van der Waals surface area contributed by atoms with Crippen LogP contribution in [0.1, 0.15) is 25.7 Å². The molecule has 6 heteroatoms. The first-order chi connectivity index (χ1) is 9.29. The zero-order valence-corrected chi connectivity index (χ0v) is 11.3. The molecule has 1 fully saturated rings. The maximum Gasteiger partial charge on any atom is 0.224 e. The largest absolute Gasteiger partial charge is 0.494 e. The molecule has 0 bridgehead atoms. The standard InChI is InChI=1S/C13H20N4O2/c1-19-11-9-15-13(16-10-11)14-6-5-12(18)17-7-3-2-4-8-17/h9-10H,2-8H2,1H3,(H,14,15,16). The normalized spacial score (nSPS) is 15.1. The van der Waals surface area contributed by atoms with Gasteiger partial charge in [-0.2, -0.15) is 0 Å². The maximum absolute atomic E-state index is 11.9. The van der Waals surface area contributed by atoms with E-state index in [1.807, 2.05) is 4.90 Å². The highest BCUT2D eigenvalue weighted by Crippen LogP contribution is 2.10. The molecular weight excluding hydrogens is 244 g/mol. The molecule has 0 atom stereocenters. The molecule has 0 spiro atoms. The van der Waals surface area contributed by atoms with E-state index < -0.39 is 0 Å². The Morgan fingerprint density at radius 2 is 2.00 bits per heavy atom. The molecule has 0 radical (unpaired) electrons. The van der Waals surface area contributed by atoms with Gasteiger partial charge in [0.05, 0.1) is 19.5 Å². The summed E-state index contributed by atoms with van der Waals surface area (Å²) >= 11 is 0. The van der Waals surface area contributed by atoms with Crippen LogP contribution in [0.15, 0.2) is 12.4 Å². The van der Waals surface area contributed by atoms with Gasteiger partial charge in [-0.25, -0.2) is 9.97 Å². The third-order valence-electron chi connectivity index (χ3n) is 3.19. The van der Waals surface area contributed by atoms with E-state index in [2.05, 4.69) is 15.3 Å². The van der Waals surface area contributed by atoms with Crippen LogP contribution in [0.2, 0.25) is 0 Å². The fourth-order valence-electron chi connectivity index (χ4n) is 2.10. The molecule has 0 aliphatic carbocycles. The molecular formula is C13H20N4O2. The van der Waals surface area contributed by atoms with Crippen molar-refractivity contribution in [1.29, 1.82) is 0 Å². The van der Waals surface area contributed by atoms with Crippen LogP contribution in [0.3, 0.4) is 0 Å². The van der Waals surface area contributed by atoms with Crippen LogP contribution >= 0.6 is 0 Å². The lowest BCUT2D eigenvalue weighted by molar-refractivity contribution is -0.131. The molecule has 1 saturated heterocycles. The Balaban J connectivity index is 1.71. The third-order valence-corrected chi connectivity index (χ3v) is 3.19. The molecule has 1 aromatic rings. The van der Waals surface area contributed by atoms with Crippen LogP contribution in [0.5, 0.6) is 5.75 Å². The second-order valence-electron chi connectivity index (χ2n) is 4.56. The van der Waals surface area contributed by atoms with Gasteiger partial charge < -0.3 is 15.0 Å². The lowest BCUT2D eigenvalue weighted by Crippen LogP contribution is -2.36. The molecule has 1 amide bonds. The topological polar surface area (TPSA) is 67.3 Å². The first-order valence-electron chi connectivity index (χ1n) is 6.67. The van der Waals surface area contributed by atoms with Crippen molar-refractivity contribution in [3.63, 3.8) is 0 Å². The van der Waals surface area contributed by atoms with Crippen LogP contribution in [-0.2, 0) is 4.79 Å². The first-order valence-corrected chi connectivity index (χ1v) is 6.67. The van der Waals surface area contributed by atoms with Crippen molar-refractivity contribution in [3.05, 3.63) is 12.4 Å². The first kappa shape index (κ1) is 13.6. The van der Waals surface area contributed by atoms with Crippen molar-refractivity contribution in [2.75, 3.05) is 32.1 Å². The Hall–Kier alpha value is -1.85. The molecule has 1 aliphatic rings. The number of carbonyl (C=O) groups is 1. The van der Waals surface area contributed by atoms with E-state index in [9.17, 15) is 4.79 Å². The van der Waals surface area contributed by atoms with Gasteiger partial charge in [0, 0.05) is 26.1 Å². The van der Waals surface area contributed by atoms with Crippen molar-refractivity contribution in [3.8, 4) is 5.75 Å². The van der Waals surface area contributed by atoms with E-state index in [0.717, 1.165) is 25.9 Å². The van der Waals surface area contributed by atoms with Gasteiger partial charge >= 0.3 is 0 Å². The molecule has 1 aliphatic heterocycles. The van der Waals surface area contributed by atoms with E-state index in [0.29, 0.717) is 24.7 Å². The van der Waals surface area contributed by atoms with Gasteiger partial charge in [-0.15, -0.1) is 0 Å². The minimum Gasteiger partial charge on any atom is -0.494 e. The van der Waals surface area contributed by atoms with Crippen molar-refractivity contribution >= 4 is 11.9 Å². The number of hydrogen-bond donors (Lipinski definition) is 1. The van der Waals surface area contributed by atoms with Crippen LogP contribution in [0.25, 0.3) is 0 Å². The lowest BCUT2D eigenvalue weighted by atomic mass is 10.1. The van der Waals surface area contributed by atoms with E-state index in [4.69, 9.17) is 4.74 Å². The van der Waals surface area contributed by atoms with Gasteiger partial charge in [0.25, 0.3) is 0 Å². The molecule has 0 saturated carbocycles. The van der Waals surface area contributed by atoms with Crippen LogP contribution in [0.4, 0.5) is 5.95 Å². The molecule has 1 N–H and O–H groups in total. The Morgan fingerprint density at radius 1 is 1.32 bits per heavy atom. The Labute approximate surface area is 113 Å². The predicted molar refractivity (Wildman–Crippen MR) is 72.1 cm³/mol. The number of nitrogens with zero attached hydrogens (tertiary/aromatic N) is 3. The number of rotatable bonds is 5. The van der Waals surface area contributed by atoms with Gasteiger partial charge in [-0.3, -0.25) is 4.79 Å². The van der Waals surface area contributed by atoms with E-state index in [1.54, 1.807) is 19.5 Å². The summed E-state index contributed by atoms with van der Waals surface area (Å²) < 4.78 is 4.98. The number of carbonyl (C=O) groups excluding carboxylic acids is 1. The average molecular weight is 264 g/mol. The van der Waals surface area contributed by atoms with E-state index in [-0.39, 0.29) is 5.91 Å². The summed E-state index contributed by atoms with van der Waals surface area (Å²) in [5.41, 5.74) is 0. The van der Waals surface area contributed by atoms with Crippen molar-refractivity contribution in [1.82, 2.24) is 14.9 Å². The smallest absolute Gasteiger partial charge is 0.224 e. The summed E-state index contributed by atoms with van der Waals surface area (Å²) in [5, 5.41) is 3.04. The van der Waals surface area contributed by atoms with Crippen LogP contribution in [-0.4, -0.2) is 47.5 Å². The van der Waals surface area contributed by atoms with Crippen molar-refractivity contribution in [2.45, 2.75) is 25.7 Å². The predicted octanol–water partition coefficient (Wildman–Crippen LogP) is 1.30. The second kappa shape index (κ2) is 6.92. The highest BCUT2D eigenvalue weighted by molar-refractivity contribution is 5.76. The van der Waals surface area contributed by atoms with Gasteiger partial charge in [0.15, 0.2) is 5.75 Å². The van der Waals surface area contributed by atoms with Gasteiger partial charge in [-0.05, 0) is 19.3 Å². The number of likely N-dealkylation sites (tertiary alicyclic amines) is 1. The summed E-state index contributed by atoms with van der Waals surface area (Å²) in [6.45, 7) is 2.36.